The molecule has 15 heavy (non-hydrogen) atoms. The van der Waals surface area contributed by atoms with Crippen molar-refractivity contribution in [2.45, 2.75) is 19.4 Å². The molecule has 0 saturated carbocycles. The lowest BCUT2D eigenvalue weighted by molar-refractivity contribution is 0.0941. The minimum Gasteiger partial charge on any atom is -0.399 e. The number of amides is 1. The summed E-state index contributed by atoms with van der Waals surface area (Å²) in [6, 6.07) is 8.58. The van der Waals surface area contributed by atoms with Gasteiger partial charge in [-0.2, -0.15) is 5.26 Å². The lowest BCUT2D eigenvalue weighted by atomic mass is 10.1. The van der Waals surface area contributed by atoms with Crippen molar-refractivity contribution >= 4 is 11.6 Å². The second-order valence-corrected chi connectivity index (χ2v) is 3.36. The Morgan fingerprint density at radius 2 is 2.40 bits per heavy atom. The van der Waals surface area contributed by atoms with E-state index in [1.54, 1.807) is 31.2 Å². The molecule has 0 aromatic heterocycles. The van der Waals surface area contributed by atoms with Crippen LogP contribution in [0.5, 0.6) is 0 Å². The molecule has 0 fully saturated rings. The van der Waals surface area contributed by atoms with Gasteiger partial charge in [-0.25, -0.2) is 0 Å². The molecule has 4 nitrogen and oxygen atoms in total. The predicted molar refractivity (Wildman–Crippen MR) is 58.0 cm³/mol. The first kappa shape index (κ1) is 11.1. The van der Waals surface area contributed by atoms with Crippen LogP contribution in [-0.2, 0) is 0 Å². The minimum absolute atomic E-state index is 0.149. The third-order valence-corrected chi connectivity index (χ3v) is 1.92. The highest BCUT2D eigenvalue weighted by Gasteiger charge is 2.08. The molecule has 3 N–H and O–H groups in total. The van der Waals surface area contributed by atoms with Gasteiger partial charge in [0.05, 0.1) is 12.5 Å². The molecule has 4 heteroatoms. The van der Waals surface area contributed by atoms with Gasteiger partial charge in [0.15, 0.2) is 0 Å². The number of anilines is 1. The molecule has 1 amide bonds. The number of nitriles is 1. The SMILES string of the molecule is CC(CC#N)NC(=O)c1cccc(N)c1. The van der Waals surface area contributed by atoms with Crippen LogP contribution < -0.4 is 11.1 Å². The molecule has 78 valence electrons. The number of carbonyl (C=O) groups is 1. The van der Waals surface area contributed by atoms with E-state index in [9.17, 15) is 4.79 Å². The third-order valence-electron chi connectivity index (χ3n) is 1.92. The first-order valence-electron chi connectivity index (χ1n) is 4.67. The average molecular weight is 203 g/mol. The molecule has 0 bridgehead atoms. The van der Waals surface area contributed by atoms with Crippen LogP contribution >= 0.6 is 0 Å². The van der Waals surface area contributed by atoms with Gasteiger partial charge in [-0.1, -0.05) is 6.07 Å². The fourth-order valence-corrected chi connectivity index (χ4v) is 1.17. The van der Waals surface area contributed by atoms with Crippen molar-refractivity contribution in [2.75, 3.05) is 5.73 Å². The highest BCUT2D eigenvalue weighted by molar-refractivity contribution is 5.95. The number of hydrogen-bond donors (Lipinski definition) is 2. The number of rotatable bonds is 3. The summed E-state index contributed by atoms with van der Waals surface area (Å²) < 4.78 is 0. The van der Waals surface area contributed by atoms with Crippen LogP contribution in [0.25, 0.3) is 0 Å². The van der Waals surface area contributed by atoms with Crippen LogP contribution in [0.3, 0.4) is 0 Å². The summed E-state index contributed by atoms with van der Waals surface area (Å²) >= 11 is 0. The Hall–Kier alpha value is -2.02. The van der Waals surface area contributed by atoms with Gasteiger partial charge in [0.1, 0.15) is 0 Å². The summed E-state index contributed by atoms with van der Waals surface area (Å²) in [5.41, 5.74) is 6.62. The number of nitrogens with one attached hydrogen (secondary N) is 1. The monoisotopic (exact) mass is 203 g/mol. The van der Waals surface area contributed by atoms with Crippen molar-refractivity contribution in [3.8, 4) is 6.07 Å². The number of carbonyl (C=O) groups excluding carboxylic acids is 1. The topological polar surface area (TPSA) is 78.9 Å². The van der Waals surface area contributed by atoms with Crippen LogP contribution in [0.15, 0.2) is 24.3 Å². The summed E-state index contributed by atoms with van der Waals surface area (Å²) in [4.78, 5) is 11.6. The largest absolute Gasteiger partial charge is 0.399 e. The zero-order valence-electron chi connectivity index (χ0n) is 8.53. The van der Waals surface area contributed by atoms with Crippen LogP contribution in [-0.4, -0.2) is 11.9 Å². The van der Waals surface area contributed by atoms with E-state index in [0.29, 0.717) is 17.7 Å². The summed E-state index contributed by atoms with van der Waals surface area (Å²) in [5, 5.41) is 11.2. The molecule has 0 saturated heterocycles. The Labute approximate surface area is 88.7 Å². The van der Waals surface area contributed by atoms with E-state index in [1.807, 2.05) is 6.07 Å². The van der Waals surface area contributed by atoms with E-state index in [4.69, 9.17) is 11.0 Å². The summed E-state index contributed by atoms with van der Waals surface area (Å²) in [6.07, 6.45) is 0.300. The number of nitrogen functional groups attached to an aromatic ring is 1. The Bertz CT molecular complexity index is 395. The highest BCUT2D eigenvalue weighted by Crippen LogP contribution is 2.06. The Kier molecular flexibility index (Phi) is 3.69. The first-order chi connectivity index (χ1) is 7.13. The molecule has 0 radical (unpaired) electrons. The van der Waals surface area contributed by atoms with E-state index in [2.05, 4.69) is 5.32 Å². The number of nitrogens with zero attached hydrogens (tertiary/aromatic N) is 1. The fraction of sp³-hybridized carbons (Fsp3) is 0.273. The van der Waals surface area contributed by atoms with Crippen molar-refractivity contribution in [3.05, 3.63) is 29.8 Å². The van der Waals surface area contributed by atoms with Crippen molar-refractivity contribution in [3.63, 3.8) is 0 Å². The second-order valence-electron chi connectivity index (χ2n) is 3.36. The summed E-state index contributed by atoms with van der Waals surface area (Å²) in [5.74, 6) is -0.204. The van der Waals surface area contributed by atoms with E-state index < -0.39 is 0 Å². The number of nitrogens with two attached hydrogens (primary N) is 1. The maximum atomic E-state index is 11.6. The number of hydrogen-bond acceptors (Lipinski definition) is 3. The van der Waals surface area contributed by atoms with Gasteiger partial charge in [0, 0.05) is 17.3 Å². The van der Waals surface area contributed by atoms with E-state index in [0.717, 1.165) is 0 Å². The van der Waals surface area contributed by atoms with Gasteiger partial charge in [-0.15, -0.1) is 0 Å². The maximum absolute atomic E-state index is 11.6. The third kappa shape index (κ3) is 3.31. The Morgan fingerprint density at radius 1 is 1.67 bits per heavy atom. The molecule has 1 aromatic carbocycles. The highest BCUT2D eigenvalue weighted by atomic mass is 16.1. The van der Waals surface area contributed by atoms with Gasteiger partial charge in [0.2, 0.25) is 0 Å². The average Bonchev–Trinajstić information content (AvgIpc) is 2.18. The quantitative estimate of drug-likeness (QED) is 0.727. The van der Waals surface area contributed by atoms with Gasteiger partial charge in [-0.05, 0) is 25.1 Å². The molecule has 0 aliphatic rings. The van der Waals surface area contributed by atoms with Crippen molar-refractivity contribution in [1.82, 2.24) is 5.32 Å². The van der Waals surface area contributed by atoms with Gasteiger partial charge in [0.25, 0.3) is 5.91 Å². The van der Waals surface area contributed by atoms with Crippen LogP contribution in [0.4, 0.5) is 5.69 Å². The lowest BCUT2D eigenvalue weighted by Crippen LogP contribution is -2.32. The lowest BCUT2D eigenvalue weighted by Gasteiger charge is -2.10. The van der Waals surface area contributed by atoms with Gasteiger partial charge >= 0.3 is 0 Å². The first-order valence-corrected chi connectivity index (χ1v) is 4.67. The molecule has 0 heterocycles. The molecular weight excluding hydrogens is 190 g/mol. The van der Waals surface area contributed by atoms with Gasteiger partial charge < -0.3 is 11.1 Å². The van der Waals surface area contributed by atoms with Crippen LogP contribution in [0, 0.1) is 11.3 Å². The molecule has 1 aromatic rings. The predicted octanol–water partition coefficient (Wildman–Crippen LogP) is 1.30. The van der Waals surface area contributed by atoms with Gasteiger partial charge in [-0.3, -0.25) is 4.79 Å². The zero-order chi connectivity index (χ0) is 11.3. The maximum Gasteiger partial charge on any atom is 0.251 e. The molecule has 1 unspecified atom stereocenters. The molecule has 0 aliphatic carbocycles. The Balaban J connectivity index is 2.66. The van der Waals surface area contributed by atoms with Crippen molar-refractivity contribution in [1.29, 1.82) is 5.26 Å². The fourth-order valence-electron chi connectivity index (χ4n) is 1.17. The van der Waals surface area contributed by atoms with Crippen molar-refractivity contribution < 1.29 is 4.79 Å². The second kappa shape index (κ2) is 5.01. The Morgan fingerprint density at radius 3 is 3.00 bits per heavy atom. The van der Waals surface area contributed by atoms with E-state index in [1.165, 1.54) is 0 Å². The van der Waals surface area contributed by atoms with E-state index in [-0.39, 0.29) is 11.9 Å². The van der Waals surface area contributed by atoms with Crippen LogP contribution in [0.1, 0.15) is 23.7 Å². The van der Waals surface area contributed by atoms with E-state index >= 15 is 0 Å². The van der Waals surface area contributed by atoms with Crippen molar-refractivity contribution in [2.24, 2.45) is 0 Å². The standard InChI is InChI=1S/C11H13N3O/c1-8(5-6-12)14-11(15)9-3-2-4-10(13)7-9/h2-4,7-8H,5,13H2,1H3,(H,14,15). The summed E-state index contributed by atoms with van der Waals surface area (Å²) in [6.45, 7) is 1.79. The number of benzene rings is 1. The minimum atomic E-state index is -0.204. The molecule has 0 spiro atoms. The molecule has 1 rings (SSSR count). The summed E-state index contributed by atoms with van der Waals surface area (Å²) in [7, 11) is 0. The normalized spacial score (nSPS) is 11.5. The molecular formula is C11H13N3O. The smallest absolute Gasteiger partial charge is 0.251 e. The zero-order valence-corrected chi connectivity index (χ0v) is 8.53. The van der Waals surface area contributed by atoms with Crippen LogP contribution in [0.2, 0.25) is 0 Å². The molecule has 0 aliphatic heterocycles. The molecule has 1 atom stereocenters.